The van der Waals surface area contributed by atoms with Crippen molar-refractivity contribution in [3.8, 4) is 23.1 Å². The van der Waals surface area contributed by atoms with E-state index in [1.807, 2.05) is 0 Å². The molecule has 3 heterocycles. The number of rotatable bonds is 6. The van der Waals surface area contributed by atoms with Crippen molar-refractivity contribution in [3.63, 3.8) is 0 Å². The van der Waals surface area contributed by atoms with E-state index >= 15 is 0 Å². The van der Waals surface area contributed by atoms with Crippen molar-refractivity contribution in [2.24, 2.45) is 0 Å². The second-order valence-electron chi connectivity index (χ2n) is 7.27. The van der Waals surface area contributed by atoms with Crippen molar-refractivity contribution < 1.29 is 23.0 Å². The van der Waals surface area contributed by atoms with Crippen LogP contribution in [0, 0.1) is 6.92 Å². The second kappa shape index (κ2) is 9.35. The van der Waals surface area contributed by atoms with E-state index in [1.165, 1.54) is 19.1 Å². The molecule has 12 nitrogen and oxygen atoms in total. The minimum Gasteiger partial charge on any atom is -0.505 e. The molecule has 0 radical (unpaired) electrons. The fourth-order valence-electron chi connectivity index (χ4n) is 3.12. The van der Waals surface area contributed by atoms with Crippen LogP contribution in [-0.2, 0) is 14.8 Å². The number of nitrogens with zero attached hydrogens (tertiary/aromatic N) is 3. The molecular formula is C19H17Cl2N5O7S. The molecule has 0 spiro atoms. The topological polar surface area (TPSA) is 166 Å². The summed E-state index contributed by atoms with van der Waals surface area (Å²) in [5, 5.41) is 13.9. The van der Waals surface area contributed by atoms with E-state index in [0.717, 1.165) is 16.9 Å². The third kappa shape index (κ3) is 4.93. The van der Waals surface area contributed by atoms with Crippen LogP contribution in [0.3, 0.4) is 0 Å². The third-order valence-corrected chi connectivity index (χ3v) is 6.90. The van der Waals surface area contributed by atoms with Crippen molar-refractivity contribution >= 4 is 33.2 Å². The summed E-state index contributed by atoms with van der Waals surface area (Å²) in [4.78, 5) is 29.2. The highest BCUT2D eigenvalue weighted by atomic mass is 35.5. The lowest BCUT2D eigenvalue weighted by molar-refractivity contribution is 0.192. The van der Waals surface area contributed by atoms with Gasteiger partial charge in [-0.25, -0.2) is 22.9 Å². The van der Waals surface area contributed by atoms with Gasteiger partial charge >= 0.3 is 5.69 Å². The number of hydrogen-bond acceptors (Lipinski definition) is 9. The smallest absolute Gasteiger partial charge is 0.349 e. The molecule has 3 N–H and O–H groups in total. The molecule has 4 rings (SSSR count). The SMILES string of the molecule is Cc1nn(-c2cc(Cl)c(Oc3cc(S(=O)(=O)N[C@@H]4CCOC4)c(O)cn3)c(Cl)c2)c(=O)[nH]c1=O. The maximum atomic E-state index is 12.7. The maximum Gasteiger partial charge on any atom is 0.349 e. The minimum absolute atomic E-state index is 0.0481. The van der Waals surface area contributed by atoms with Gasteiger partial charge in [-0.3, -0.25) is 9.78 Å². The maximum absolute atomic E-state index is 12.7. The first kappa shape index (κ1) is 24.2. The van der Waals surface area contributed by atoms with Crippen LogP contribution in [0.2, 0.25) is 10.0 Å². The van der Waals surface area contributed by atoms with Crippen molar-refractivity contribution in [1.82, 2.24) is 24.5 Å². The van der Waals surface area contributed by atoms with Crippen molar-refractivity contribution in [2.45, 2.75) is 24.3 Å². The average molecular weight is 530 g/mol. The van der Waals surface area contributed by atoms with Crippen LogP contribution in [0.25, 0.3) is 5.69 Å². The first-order valence-corrected chi connectivity index (χ1v) is 12.0. The molecule has 0 amide bonds. The zero-order chi connectivity index (χ0) is 24.6. The van der Waals surface area contributed by atoms with Crippen LogP contribution in [0.4, 0.5) is 0 Å². The highest BCUT2D eigenvalue weighted by Gasteiger charge is 2.27. The lowest BCUT2D eigenvalue weighted by Crippen LogP contribution is -2.35. The van der Waals surface area contributed by atoms with Gasteiger partial charge in [0.2, 0.25) is 15.9 Å². The molecule has 0 unspecified atom stereocenters. The summed E-state index contributed by atoms with van der Waals surface area (Å²) in [6.07, 6.45) is 1.41. The van der Waals surface area contributed by atoms with E-state index in [4.69, 9.17) is 32.7 Å². The van der Waals surface area contributed by atoms with E-state index in [0.29, 0.717) is 13.0 Å². The van der Waals surface area contributed by atoms with E-state index in [-0.39, 0.29) is 39.7 Å². The lowest BCUT2D eigenvalue weighted by Gasteiger charge is -2.14. The molecule has 1 saturated heterocycles. The van der Waals surface area contributed by atoms with Gasteiger partial charge in [-0.15, -0.1) is 0 Å². The monoisotopic (exact) mass is 529 g/mol. The summed E-state index contributed by atoms with van der Waals surface area (Å²) >= 11 is 12.6. The molecule has 0 aliphatic carbocycles. The van der Waals surface area contributed by atoms with Crippen LogP contribution < -0.4 is 20.7 Å². The highest BCUT2D eigenvalue weighted by molar-refractivity contribution is 7.89. The number of aromatic nitrogens is 4. The molecule has 2 aromatic heterocycles. The van der Waals surface area contributed by atoms with Gasteiger partial charge in [0.25, 0.3) is 5.56 Å². The van der Waals surface area contributed by atoms with Crippen LogP contribution in [0.1, 0.15) is 12.1 Å². The Balaban J connectivity index is 1.66. The zero-order valence-electron chi connectivity index (χ0n) is 17.4. The third-order valence-electron chi connectivity index (χ3n) is 4.79. The van der Waals surface area contributed by atoms with Crippen LogP contribution in [0.15, 0.2) is 38.9 Å². The average Bonchev–Trinajstić information content (AvgIpc) is 3.26. The molecule has 180 valence electrons. The Bertz CT molecular complexity index is 1460. The first-order valence-electron chi connectivity index (χ1n) is 9.72. The Morgan fingerprint density at radius 3 is 2.62 bits per heavy atom. The molecular weight excluding hydrogens is 513 g/mol. The fourth-order valence-corrected chi connectivity index (χ4v) is 5.01. The van der Waals surface area contributed by atoms with Gasteiger partial charge in [0.1, 0.15) is 10.6 Å². The standard InChI is InChI=1S/C19H17Cl2N5O7S/c1-9-18(28)23-19(29)26(24-9)11-4-12(20)17(13(21)5-11)33-16-6-15(14(27)7-22-16)34(30,31)25-10-2-3-32-8-10/h4-7,10,25,27H,2-3,8H2,1H3,(H,23,28,29)/t10-/m1/s1. The van der Waals surface area contributed by atoms with E-state index in [9.17, 15) is 23.1 Å². The Morgan fingerprint density at radius 1 is 1.26 bits per heavy atom. The van der Waals surface area contributed by atoms with Gasteiger partial charge in [0.05, 0.1) is 28.5 Å². The number of pyridine rings is 1. The van der Waals surface area contributed by atoms with Crippen molar-refractivity contribution in [2.75, 3.05) is 13.2 Å². The van der Waals surface area contributed by atoms with Gasteiger partial charge in [-0.1, -0.05) is 23.2 Å². The molecule has 15 heteroatoms. The lowest BCUT2D eigenvalue weighted by atomic mass is 10.3. The Morgan fingerprint density at radius 2 is 1.97 bits per heavy atom. The summed E-state index contributed by atoms with van der Waals surface area (Å²) in [6, 6.07) is 3.22. The van der Waals surface area contributed by atoms with Crippen molar-refractivity contribution in [3.05, 3.63) is 61.0 Å². The summed E-state index contributed by atoms with van der Waals surface area (Å²) in [6.45, 7) is 2.07. The Labute approximate surface area is 202 Å². The van der Waals surface area contributed by atoms with E-state index < -0.39 is 38.0 Å². The van der Waals surface area contributed by atoms with Gasteiger partial charge in [-0.05, 0) is 25.5 Å². The number of nitrogens with one attached hydrogen (secondary N) is 2. The van der Waals surface area contributed by atoms with Gasteiger partial charge in [0, 0.05) is 18.7 Å². The second-order valence-corrected chi connectivity index (χ2v) is 9.77. The molecule has 0 saturated carbocycles. The van der Waals surface area contributed by atoms with Gasteiger partial charge in [0.15, 0.2) is 11.5 Å². The van der Waals surface area contributed by atoms with Crippen LogP contribution >= 0.6 is 23.2 Å². The minimum atomic E-state index is -4.11. The summed E-state index contributed by atoms with van der Waals surface area (Å²) < 4.78 is 39.5. The predicted octanol–water partition coefficient (Wildman–Crippen LogP) is 1.50. The Hall–Kier alpha value is -2.97. The van der Waals surface area contributed by atoms with E-state index in [1.54, 1.807) is 0 Å². The summed E-state index contributed by atoms with van der Waals surface area (Å²) in [5.74, 6) is -0.877. The molecule has 1 aliphatic heterocycles. The van der Waals surface area contributed by atoms with Gasteiger partial charge < -0.3 is 14.6 Å². The summed E-state index contributed by atoms with van der Waals surface area (Å²) in [7, 11) is -4.11. The largest absolute Gasteiger partial charge is 0.505 e. The Kier molecular flexibility index (Phi) is 6.64. The molecule has 34 heavy (non-hydrogen) atoms. The fraction of sp³-hybridized carbons (Fsp3) is 0.263. The summed E-state index contributed by atoms with van der Waals surface area (Å²) in [5.41, 5.74) is -1.23. The molecule has 1 atom stereocenters. The number of benzene rings is 1. The van der Waals surface area contributed by atoms with Crippen LogP contribution in [0.5, 0.6) is 17.4 Å². The number of hydrogen-bond donors (Lipinski definition) is 3. The van der Waals surface area contributed by atoms with E-state index in [2.05, 4.69) is 19.8 Å². The highest BCUT2D eigenvalue weighted by Crippen LogP contribution is 2.38. The normalized spacial score (nSPS) is 16.0. The number of ether oxygens (including phenoxy) is 2. The first-order chi connectivity index (χ1) is 16.0. The molecule has 1 aliphatic rings. The van der Waals surface area contributed by atoms with Crippen LogP contribution in [-0.4, -0.2) is 52.5 Å². The van der Waals surface area contributed by atoms with Crippen molar-refractivity contribution in [1.29, 1.82) is 0 Å². The molecule has 1 fully saturated rings. The number of aryl methyl sites for hydroxylation is 1. The number of H-pyrrole nitrogens is 1. The zero-order valence-corrected chi connectivity index (χ0v) is 19.7. The molecule has 3 aromatic rings. The number of halogens is 2. The predicted molar refractivity (Wildman–Crippen MR) is 121 cm³/mol. The number of aromatic hydroxyl groups is 1. The number of sulfonamides is 1. The number of aromatic amines is 1. The molecule has 1 aromatic carbocycles. The van der Waals surface area contributed by atoms with Gasteiger partial charge in [-0.2, -0.15) is 9.78 Å². The quantitative estimate of drug-likeness (QED) is 0.428. The molecule has 0 bridgehead atoms.